The number of aliphatic hydroxyl groups excluding tert-OH is 1. The molecule has 0 fully saturated rings. The van der Waals surface area contributed by atoms with E-state index in [0.717, 1.165) is 5.69 Å². The maximum absolute atomic E-state index is 14.1. The Kier molecular flexibility index (Phi) is 4.41. The van der Waals surface area contributed by atoms with Crippen LogP contribution in [0, 0.1) is 5.82 Å². The number of pyridine rings is 2. The van der Waals surface area contributed by atoms with E-state index in [9.17, 15) is 4.39 Å². The third-order valence-electron chi connectivity index (χ3n) is 2.88. The highest BCUT2D eigenvalue weighted by Gasteiger charge is 2.15. The van der Waals surface area contributed by atoms with E-state index in [1.54, 1.807) is 11.1 Å². The summed E-state index contributed by atoms with van der Waals surface area (Å²) in [5.74, 6) is -0.220. The van der Waals surface area contributed by atoms with Crippen LogP contribution in [-0.4, -0.2) is 21.6 Å². The molecule has 0 aromatic carbocycles. The van der Waals surface area contributed by atoms with Crippen LogP contribution in [0.2, 0.25) is 0 Å². The van der Waals surface area contributed by atoms with Crippen molar-refractivity contribution in [2.45, 2.75) is 20.1 Å². The third kappa shape index (κ3) is 3.06. The largest absolute Gasteiger partial charge is 0.392 e. The maximum atomic E-state index is 14.1. The van der Waals surface area contributed by atoms with Crippen LogP contribution in [0.4, 0.5) is 10.2 Å². The first-order valence-electron chi connectivity index (χ1n) is 6.15. The quantitative estimate of drug-likeness (QED) is 0.895. The molecule has 19 heavy (non-hydrogen) atoms. The standard InChI is InChI=1S/C14H16FN3O/c1-2-18(9-12-5-3-4-7-16-12)14-13(15)11(10-19)6-8-17-14/h3-8,19H,2,9-10H2,1H3. The summed E-state index contributed by atoms with van der Waals surface area (Å²) in [6.07, 6.45) is 3.21. The van der Waals surface area contributed by atoms with E-state index in [1.165, 1.54) is 12.3 Å². The first-order chi connectivity index (χ1) is 9.26. The summed E-state index contributed by atoms with van der Waals surface area (Å²) < 4.78 is 14.1. The normalized spacial score (nSPS) is 10.5. The molecule has 100 valence electrons. The lowest BCUT2D eigenvalue weighted by Gasteiger charge is -2.22. The molecule has 0 radical (unpaired) electrons. The van der Waals surface area contributed by atoms with Gasteiger partial charge < -0.3 is 10.0 Å². The van der Waals surface area contributed by atoms with Gasteiger partial charge >= 0.3 is 0 Å². The van der Waals surface area contributed by atoms with Crippen molar-refractivity contribution < 1.29 is 9.50 Å². The average Bonchev–Trinajstić information content (AvgIpc) is 2.46. The second-order valence-electron chi connectivity index (χ2n) is 4.10. The van der Waals surface area contributed by atoms with Gasteiger partial charge in [0, 0.05) is 24.5 Å². The van der Waals surface area contributed by atoms with Gasteiger partial charge in [0.1, 0.15) is 0 Å². The van der Waals surface area contributed by atoms with Crippen LogP contribution in [0.3, 0.4) is 0 Å². The number of aromatic nitrogens is 2. The highest BCUT2D eigenvalue weighted by Crippen LogP contribution is 2.20. The van der Waals surface area contributed by atoms with Crippen molar-refractivity contribution in [1.82, 2.24) is 9.97 Å². The second kappa shape index (κ2) is 6.24. The van der Waals surface area contributed by atoms with Gasteiger partial charge in [-0.15, -0.1) is 0 Å². The molecule has 0 unspecified atom stereocenters. The molecule has 2 rings (SSSR count). The fourth-order valence-corrected chi connectivity index (χ4v) is 1.84. The summed E-state index contributed by atoms with van der Waals surface area (Å²) in [6, 6.07) is 7.10. The van der Waals surface area contributed by atoms with Crippen molar-refractivity contribution in [1.29, 1.82) is 0 Å². The highest BCUT2D eigenvalue weighted by atomic mass is 19.1. The number of hydrogen-bond acceptors (Lipinski definition) is 4. The predicted molar refractivity (Wildman–Crippen MR) is 71.1 cm³/mol. The molecule has 0 aliphatic heterocycles. The number of nitrogens with zero attached hydrogens (tertiary/aromatic N) is 3. The fourth-order valence-electron chi connectivity index (χ4n) is 1.84. The van der Waals surface area contributed by atoms with Crippen LogP contribution in [-0.2, 0) is 13.2 Å². The zero-order chi connectivity index (χ0) is 13.7. The fraction of sp³-hybridized carbons (Fsp3) is 0.286. The van der Waals surface area contributed by atoms with Crippen molar-refractivity contribution >= 4 is 5.82 Å². The number of hydrogen-bond donors (Lipinski definition) is 1. The van der Waals surface area contributed by atoms with E-state index in [4.69, 9.17) is 5.11 Å². The molecule has 2 aromatic heterocycles. The van der Waals surface area contributed by atoms with Crippen molar-refractivity contribution in [3.8, 4) is 0 Å². The van der Waals surface area contributed by atoms with Crippen molar-refractivity contribution in [3.05, 3.63) is 53.7 Å². The molecule has 0 spiro atoms. The molecule has 0 bridgehead atoms. The molecule has 0 aliphatic carbocycles. The van der Waals surface area contributed by atoms with Gasteiger partial charge in [-0.1, -0.05) is 6.07 Å². The van der Waals surface area contributed by atoms with Crippen molar-refractivity contribution in [2.75, 3.05) is 11.4 Å². The Morgan fingerprint density at radius 1 is 1.21 bits per heavy atom. The summed E-state index contributed by atoms with van der Waals surface area (Å²) in [4.78, 5) is 10.1. The highest BCUT2D eigenvalue weighted by molar-refractivity contribution is 5.43. The summed E-state index contributed by atoms with van der Waals surface area (Å²) >= 11 is 0. The number of aliphatic hydroxyl groups is 1. The zero-order valence-corrected chi connectivity index (χ0v) is 10.8. The van der Waals surface area contributed by atoms with Gasteiger partial charge in [0.2, 0.25) is 0 Å². The summed E-state index contributed by atoms with van der Waals surface area (Å²) in [7, 11) is 0. The molecule has 1 N–H and O–H groups in total. The Bertz CT molecular complexity index is 533. The minimum absolute atomic E-state index is 0.250. The smallest absolute Gasteiger partial charge is 0.171 e. The number of halogens is 1. The van der Waals surface area contributed by atoms with Gasteiger partial charge in [-0.2, -0.15) is 0 Å². The Labute approximate surface area is 111 Å². The topological polar surface area (TPSA) is 49.2 Å². The molecule has 2 heterocycles. The minimum Gasteiger partial charge on any atom is -0.392 e. The van der Waals surface area contributed by atoms with Crippen LogP contribution in [0.25, 0.3) is 0 Å². The van der Waals surface area contributed by atoms with E-state index >= 15 is 0 Å². The van der Waals surface area contributed by atoms with Gasteiger partial charge in [0.05, 0.1) is 18.8 Å². The van der Waals surface area contributed by atoms with Gasteiger partial charge in [-0.3, -0.25) is 4.98 Å². The zero-order valence-electron chi connectivity index (χ0n) is 10.8. The Balaban J connectivity index is 2.27. The van der Waals surface area contributed by atoms with Gasteiger partial charge in [-0.25, -0.2) is 9.37 Å². The minimum atomic E-state index is -0.470. The third-order valence-corrected chi connectivity index (χ3v) is 2.88. The SMILES string of the molecule is CCN(Cc1ccccn1)c1nccc(CO)c1F. The monoisotopic (exact) mass is 261 g/mol. The lowest BCUT2D eigenvalue weighted by molar-refractivity contribution is 0.275. The lowest BCUT2D eigenvalue weighted by atomic mass is 10.2. The second-order valence-corrected chi connectivity index (χ2v) is 4.10. The van der Waals surface area contributed by atoms with Crippen LogP contribution in [0.1, 0.15) is 18.2 Å². The molecule has 0 aliphatic rings. The molecular formula is C14H16FN3O. The van der Waals surface area contributed by atoms with E-state index in [1.807, 2.05) is 25.1 Å². The van der Waals surface area contributed by atoms with Crippen LogP contribution in [0.15, 0.2) is 36.7 Å². The van der Waals surface area contributed by atoms with Gasteiger partial charge in [-0.05, 0) is 25.1 Å². The molecule has 0 saturated heterocycles. The molecule has 2 aromatic rings. The first kappa shape index (κ1) is 13.4. The summed E-state index contributed by atoms with van der Waals surface area (Å²) in [5.41, 5.74) is 1.10. The van der Waals surface area contributed by atoms with Crippen LogP contribution < -0.4 is 4.90 Å². The predicted octanol–water partition coefficient (Wildman–Crippen LogP) is 2.13. The molecule has 5 heteroatoms. The van der Waals surface area contributed by atoms with Gasteiger partial charge in [0.15, 0.2) is 11.6 Å². The Morgan fingerprint density at radius 2 is 2.05 bits per heavy atom. The molecule has 0 saturated carbocycles. The average molecular weight is 261 g/mol. The van der Waals surface area contributed by atoms with E-state index in [0.29, 0.717) is 13.1 Å². The Morgan fingerprint density at radius 3 is 2.68 bits per heavy atom. The number of rotatable bonds is 5. The van der Waals surface area contributed by atoms with Gasteiger partial charge in [0.25, 0.3) is 0 Å². The molecule has 0 amide bonds. The van der Waals surface area contributed by atoms with Crippen LogP contribution >= 0.6 is 0 Å². The molecule has 4 nitrogen and oxygen atoms in total. The van der Waals surface area contributed by atoms with E-state index in [-0.39, 0.29) is 18.0 Å². The van der Waals surface area contributed by atoms with E-state index < -0.39 is 5.82 Å². The number of anilines is 1. The summed E-state index contributed by atoms with van der Waals surface area (Å²) in [5, 5.41) is 9.09. The summed E-state index contributed by atoms with van der Waals surface area (Å²) in [6.45, 7) is 2.68. The molecule has 0 atom stereocenters. The molecular weight excluding hydrogens is 245 g/mol. The van der Waals surface area contributed by atoms with Crippen molar-refractivity contribution in [2.24, 2.45) is 0 Å². The first-order valence-corrected chi connectivity index (χ1v) is 6.15. The van der Waals surface area contributed by atoms with E-state index in [2.05, 4.69) is 9.97 Å². The lowest BCUT2D eigenvalue weighted by Crippen LogP contribution is -2.25. The maximum Gasteiger partial charge on any atom is 0.171 e. The van der Waals surface area contributed by atoms with Crippen molar-refractivity contribution in [3.63, 3.8) is 0 Å². The Hall–Kier alpha value is -2.01. The van der Waals surface area contributed by atoms with Crippen LogP contribution in [0.5, 0.6) is 0 Å².